The average molecular weight is 390 g/mol. The zero-order valence-corrected chi connectivity index (χ0v) is 13.9. The van der Waals surface area contributed by atoms with E-state index in [-0.39, 0.29) is 17.8 Å². The van der Waals surface area contributed by atoms with Crippen LogP contribution in [0.5, 0.6) is 0 Å². The molecule has 1 aliphatic rings. The first-order valence-electron chi connectivity index (χ1n) is 6.14. The number of thiophene rings is 1. The summed E-state index contributed by atoms with van der Waals surface area (Å²) in [7, 11) is 0. The van der Waals surface area contributed by atoms with Crippen molar-refractivity contribution in [2.75, 3.05) is 5.75 Å². The first-order valence-corrected chi connectivity index (χ1v) is 8.86. The van der Waals surface area contributed by atoms with E-state index in [4.69, 9.17) is 0 Å². The normalized spacial score (nSPS) is 18.5. The lowest BCUT2D eigenvalue weighted by Gasteiger charge is -2.23. The predicted octanol–water partition coefficient (Wildman–Crippen LogP) is 4.56. The first kappa shape index (κ1) is 15.0. The molecule has 1 atom stereocenters. The van der Waals surface area contributed by atoms with E-state index in [2.05, 4.69) is 15.9 Å². The van der Waals surface area contributed by atoms with E-state index in [1.165, 1.54) is 6.07 Å². The minimum Gasteiger partial charge on any atom is -0.321 e. The molecule has 2 aromatic rings. The van der Waals surface area contributed by atoms with Crippen molar-refractivity contribution in [1.29, 1.82) is 0 Å². The number of benzene rings is 1. The molecule has 0 N–H and O–H groups in total. The van der Waals surface area contributed by atoms with E-state index in [1.54, 1.807) is 28.0 Å². The van der Waals surface area contributed by atoms with Crippen molar-refractivity contribution in [2.45, 2.75) is 11.9 Å². The Bertz CT molecular complexity index is 691. The highest BCUT2D eigenvalue weighted by Gasteiger charge is 2.34. The molecule has 110 valence electrons. The second-order valence-electron chi connectivity index (χ2n) is 4.57. The summed E-state index contributed by atoms with van der Waals surface area (Å²) in [6, 6.07) is 5.69. The molecule has 0 aliphatic carbocycles. The van der Waals surface area contributed by atoms with Crippen LogP contribution in [0.4, 0.5) is 8.78 Å². The topological polar surface area (TPSA) is 20.3 Å². The van der Waals surface area contributed by atoms with Crippen molar-refractivity contribution < 1.29 is 13.6 Å². The molecule has 0 spiro atoms. The standard InChI is InChI=1S/C14H10BrF2NOS2/c15-9-3-4-20-13(9)14-18(12(19)7-21-14)6-8-1-2-10(16)11(17)5-8/h1-5,14H,6-7H2. The second kappa shape index (κ2) is 6.06. The van der Waals surface area contributed by atoms with Gasteiger partial charge in [0, 0.05) is 11.0 Å². The van der Waals surface area contributed by atoms with Crippen LogP contribution in [0.15, 0.2) is 34.1 Å². The number of halogens is 3. The van der Waals surface area contributed by atoms with Gasteiger partial charge in [0.25, 0.3) is 0 Å². The maximum Gasteiger partial charge on any atom is 0.234 e. The Hall–Kier alpha value is -0.920. The Morgan fingerprint density at radius 3 is 2.76 bits per heavy atom. The van der Waals surface area contributed by atoms with Gasteiger partial charge >= 0.3 is 0 Å². The molecule has 1 aromatic carbocycles. The molecule has 2 nitrogen and oxygen atoms in total. The Balaban J connectivity index is 1.86. The zero-order valence-electron chi connectivity index (χ0n) is 10.7. The molecular formula is C14H10BrF2NOS2. The van der Waals surface area contributed by atoms with Crippen molar-refractivity contribution in [3.8, 4) is 0 Å². The molecule has 1 fully saturated rings. The van der Waals surface area contributed by atoms with Gasteiger partial charge < -0.3 is 4.90 Å². The van der Waals surface area contributed by atoms with Gasteiger partial charge in [0.1, 0.15) is 5.37 Å². The Kier molecular flexibility index (Phi) is 4.33. The fraction of sp³-hybridized carbons (Fsp3) is 0.214. The quantitative estimate of drug-likeness (QED) is 0.766. The maximum atomic E-state index is 13.3. The van der Waals surface area contributed by atoms with Gasteiger partial charge in [-0.2, -0.15) is 0 Å². The maximum absolute atomic E-state index is 13.3. The third-order valence-corrected chi connectivity index (χ3v) is 6.47. The van der Waals surface area contributed by atoms with Crippen LogP contribution < -0.4 is 0 Å². The van der Waals surface area contributed by atoms with Gasteiger partial charge in [-0.05, 0) is 45.1 Å². The molecule has 3 rings (SSSR count). The lowest BCUT2D eigenvalue weighted by molar-refractivity contribution is -0.128. The molecule has 0 saturated carbocycles. The van der Waals surface area contributed by atoms with Gasteiger partial charge in [-0.1, -0.05) is 6.07 Å². The van der Waals surface area contributed by atoms with E-state index in [0.29, 0.717) is 11.3 Å². The van der Waals surface area contributed by atoms with Crippen LogP contribution in [0, 0.1) is 11.6 Å². The van der Waals surface area contributed by atoms with Gasteiger partial charge in [-0.25, -0.2) is 8.78 Å². The Morgan fingerprint density at radius 2 is 2.10 bits per heavy atom. The Morgan fingerprint density at radius 1 is 1.29 bits per heavy atom. The van der Waals surface area contributed by atoms with Gasteiger partial charge in [-0.3, -0.25) is 4.79 Å². The molecule has 1 saturated heterocycles. The summed E-state index contributed by atoms with van der Waals surface area (Å²) in [5.74, 6) is -1.35. The fourth-order valence-electron chi connectivity index (χ4n) is 2.16. The number of hydrogen-bond acceptors (Lipinski definition) is 3. The van der Waals surface area contributed by atoms with Crippen LogP contribution in [0.3, 0.4) is 0 Å². The Labute approximate surface area is 137 Å². The monoisotopic (exact) mass is 389 g/mol. The SMILES string of the molecule is O=C1CSC(c2sccc2Br)N1Cc1ccc(F)c(F)c1. The lowest BCUT2D eigenvalue weighted by atomic mass is 10.2. The van der Waals surface area contributed by atoms with Gasteiger partial charge in [0.05, 0.1) is 10.6 Å². The largest absolute Gasteiger partial charge is 0.321 e. The molecule has 21 heavy (non-hydrogen) atoms. The van der Waals surface area contributed by atoms with Crippen LogP contribution >= 0.6 is 39.0 Å². The van der Waals surface area contributed by atoms with E-state index >= 15 is 0 Å². The summed E-state index contributed by atoms with van der Waals surface area (Å²) in [6.45, 7) is 0.276. The summed E-state index contributed by atoms with van der Waals surface area (Å²) in [5.41, 5.74) is 0.586. The van der Waals surface area contributed by atoms with E-state index in [0.717, 1.165) is 21.5 Å². The molecule has 0 radical (unpaired) electrons. The predicted molar refractivity (Wildman–Crippen MR) is 84.1 cm³/mol. The summed E-state index contributed by atoms with van der Waals surface area (Å²) < 4.78 is 27.2. The minimum absolute atomic E-state index is 0.00929. The summed E-state index contributed by atoms with van der Waals surface area (Å²) in [6.07, 6.45) is 0. The number of thioether (sulfide) groups is 1. The summed E-state index contributed by atoms with van der Waals surface area (Å²) in [5, 5.41) is 1.87. The van der Waals surface area contributed by atoms with Crippen LogP contribution in [-0.2, 0) is 11.3 Å². The number of carbonyl (C=O) groups excluding carboxylic acids is 1. The van der Waals surface area contributed by atoms with Crippen LogP contribution in [0.1, 0.15) is 15.8 Å². The average Bonchev–Trinajstić information content (AvgIpc) is 3.01. The van der Waals surface area contributed by atoms with E-state index < -0.39 is 11.6 Å². The van der Waals surface area contributed by atoms with Crippen LogP contribution in [-0.4, -0.2) is 16.6 Å². The van der Waals surface area contributed by atoms with Crippen molar-refractivity contribution in [3.05, 3.63) is 56.2 Å². The smallest absolute Gasteiger partial charge is 0.234 e. The number of nitrogens with zero attached hydrogens (tertiary/aromatic N) is 1. The van der Waals surface area contributed by atoms with Crippen molar-refractivity contribution in [2.24, 2.45) is 0 Å². The fourth-order valence-corrected chi connectivity index (χ4v) is 5.38. The van der Waals surface area contributed by atoms with Gasteiger partial charge in [0.15, 0.2) is 11.6 Å². The highest BCUT2D eigenvalue weighted by Crippen LogP contribution is 2.44. The second-order valence-corrected chi connectivity index (χ2v) is 7.44. The highest BCUT2D eigenvalue weighted by atomic mass is 79.9. The lowest BCUT2D eigenvalue weighted by Crippen LogP contribution is -2.27. The number of amides is 1. The molecule has 0 bridgehead atoms. The van der Waals surface area contributed by atoms with E-state index in [1.807, 2.05) is 11.4 Å². The van der Waals surface area contributed by atoms with Crippen molar-refractivity contribution in [1.82, 2.24) is 4.90 Å². The van der Waals surface area contributed by atoms with Crippen LogP contribution in [0.25, 0.3) is 0 Å². The van der Waals surface area contributed by atoms with Gasteiger partial charge in [0.2, 0.25) is 5.91 Å². The number of rotatable bonds is 3. The minimum atomic E-state index is -0.888. The molecule has 2 heterocycles. The zero-order chi connectivity index (χ0) is 15.0. The molecule has 1 unspecified atom stereocenters. The number of hydrogen-bond donors (Lipinski definition) is 0. The molecular weight excluding hydrogens is 380 g/mol. The summed E-state index contributed by atoms with van der Waals surface area (Å²) in [4.78, 5) is 14.8. The molecule has 1 amide bonds. The molecule has 7 heteroatoms. The third kappa shape index (κ3) is 3.00. The van der Waals surface area contributed by atoms with Crippen LogP contribution in [0.2, 0.25) is 0 Å². The number of carbonyl (C=O) groups is 1. The van der Waals surface area contributed by atoms with Crippen molar-refractivity contribution >= 4 is 44.9 Å². The molecule has 1 aliphatic heterocycles. The van der Waals surface area contributed by atoms with Crippen molar-refractivity contribution in [3.63, 3.8) is 0 Å². The third-order valence-electron chi connectivity index (χ3n) is 3.17. The molecule has 1 aromatic heterocycles. The van der Waals surface area contributed by atoms with Gasteiger partial charge in [-0.15, -0.1) is 23.1 Å². The van der Waals surface area contributed by atoms with E-state index in [9.17, 15) is 13.6 Å². The first-order chi connectivity index (χ1) is 10.1. The summed E-state index contributed by atoms with van der Waals surface area (Å²) >= 11 is 6.60. The highest BCUT2D eigenvalue weighted by molar-refractivity contribution is 9.10.